The van der Waals surface area contributed by atoms with Crippen molar-refractivity contribution in [2.75, 3.05) is 0 Å². The van der Waals surface area contributed by atoms with Crippen molar-refractivity contribution >= 4 is 5.91 Å². The van der Waals surface area contributed by atoms with Crippen LogP contribution in [0.1, 0.15) is 44.0 Å². The fourth-order valence-electron chi connectivity index (χ4n) is 1.76. The summed E-state index contributed by atoms with van der Waals surface area (Å²) in [6.07, 6.45) is 3.35. The van der Waals surface area contributed by atoms with E-state index in [2.05, 4.69) is 31.3 Å². The van der Waals surface area contributed by atoms with Gasteiger partial charge in [0.2, 0.25) is 0 Å². The molecule has 1 aliphatic rings. The number of hydrogen-bond acceptors (Lipinski definition) is 1. The molecule has 0 radical (unpaired) electrons. The number of carbonyl (C=O) groups is 1. The monoisotopic (exact) mass is 219 g/mol. The fourth-order valence-corrected chi connectivity index (χ4v) is 1.76. The molecule has 1 N–H and O–H groups in total. The minimum Gasteiger partial charge on any atom is -0.349 e. The minimum atomic E-state index is 0. The van der Waals surface area contributed by atoms with Gasteiger partial charge in [-0.15, -0.1) is 0 Å². The van der Waals surface area contributed by atoms with E-state index in [1.54, 1.807) is 0 Å². The van der Waals surface area contributed by atoms with Gasteiger partial charge in [-0.2, -0.15) is 0 Å². The summed E-state index contributed by atoms with van der Waals surface area (Å²) >= 11 is 0. The number of carbonyl (C=O) groups excluding carboxylic acids is 1. The summed E-state index contributed by atoms with van der Waals surface area (Å²) in [6, 6.07) is 8.40. The van der Waals surface area contributed by atoms with Gasteiger partial charge in [0.05, 0.1) is 0 Å². The smallest absolute Gasteiger partial charge is 0.251 e. The van der Waals surface area contributed by atoms with Gasteiger partial charge in [-0.3, -0.25) is 4.79 Å². The standard InChI is InChI=1S/C14H19NO.H2/c1-10(2)9-11-3-5-12(6-4-11)14(16)15-13-7-8-13;/h3-6,10,13H,7-9H2,1-2H3,(H,15,16);1H. The van der Waals surface area contributed by atoms with Crippen LogP contribution in [0.2, 0.25) is 0 Å². The second-order valence-electron chi connectivity index (χ2n) is 5.04. The van der Waals surface area contributed by atoms with Gasteiger partial charge in [0, 0.05) is 13.0 Å². The Hall–Kier alpha value is -1.31. The zero-order valence-electron chi connectivity index (χ0n) is 9.99. The maximum absolute atomic E-state index is 11.7. The average Bonchev–Trinajstić information content (AvgIpc) is 3.01. The Labute approximate surface area is 98.5 Å². The van der Waals surface area contributed by atoms with Crippen LogP contribution < -0.4 is 5.32 Å². The molecule has 0 atom stereocenters. The number of rotatable bonds is 4. The molecule has 1 amide bonds. The van der Waals surface area contributed by atoms with Crippen molar-refractivity contribution in [3.8, 4) is 0 Å². The van der Waals surface area contributed by atoms with Gasteiger partial charge in [0.25, 0.3) is 5.91 Å². The summed E-state index contributed by atoms with van der Waals surface area (Å²) in [5.74, 6) is 0.727. The predicted molar refractivity (Wildman–Crippen MR) is 67.6 cm³/mol. The van der Waals surface area contributed by atoms with E-state index in [4.69, 9.17) is 0 Å². The second kappa shape index (κ2) is 4.69. The molecule has 2 heteroatoms. The summed E-state index contributed by atoms with van der Waals surface area (Å²) in [4.78, 5) is 11.7. The lowest BCUT2D eigenvalue weighted by Gasteiger charge is -2.06. The molecule has 88 valence electrons. The fraction of sp³-hybridized carbons (Fsp3) is 0.500. The van der Waals surface area contributed by atoms with Gasteiger partial charge in [-0.05, 0) is 42.9 Å². The van der Waals surface area contributed by atoms with E-state index in [1.807, 2.05) is 12.1 Å². The van der Waals surface area contributed by atoms with Crippen LogP contribution in [0.15, 0.2) is 24.3 Å². The van der Waals surface area contributed by atoms with E-state index in [0.717, 1.165) is 24.8 Å². The lowest BCUT2D eigenvalue weighted by Crippen LogP contribution is -2.25. The molecule has 16 heavy (non-hydrogen) atoms. The maximum Gasteiger partial charge on any atom is 0.251 e. The van der Waals surface area contributed by atoms with E-state index < -0.39 is 0 Å². The van der Waals surface area contributed by atoms with Gasteiger partial charge in [0.1, 0.15) is 0 Å². The van der Waals surface area contributed by atoms with Gasteiger partial charge in [-0.1, -0.05) is 26.0 Å². The zero-order valence-corrected chi connectivity index (χ0v) is 9.99. The van der Waals surface area contributed by atoms with Gasteiger partial charge in [-0.25, -0.2) is 0 Å². The third-order valence-electron chi connectivity index (χ3n) is 2.77. The molecule has 0 heterocycles. The molecular formula is C14H21NO. The number of nitrogens with one attached hydrogen (secondary N) is 1. The Morgan fingerprint density at radius 1 is 1.38 bits per heavy atom. The summed E-state index contributed by atoms with van der Waals surface area (Å²) in [6.45, 7) is 4.40. The molecule has 0 bridgehead atoms. The molecule has 0 saturated heterocycles. The molecule has 2 nitrogen and oxygen atoms in total. The topological polar surface area (TPSA) is 29.1 Å². The molecule has 1 aliphatic carbocycles. The predicted octanol–water partition coefficient (Wildman–Crippen LogP) is 3.02. The molecule has 1 aromatic carbocycles. The first-order chi connectivity index (χ1) is 7.65. The van der Waals surface area contributed by atoms with Crippen molar-refractivity contribution in [1.82, 2.24) is 5.32 Å². The quantitative estimate of drug-likeness (QED) is 0.828. The highest BCUT2D eigenvalue weighted by Gasteiger charge is 2.23. The molecule has 1 aromatic rings. The summed E-state index contributed by atoms with van der Waals surface area (Å²) in [5.41, 5.74) is 2.08. The third kappa shape index (κ3) is 3.09. The van der Waals surface area contributed by atoms with Crippen LogP contribution >= 0.6 is 0 Å². The first-order valence-electron chi connectivity index (χ1n) is 6.05. The van der Waals surface area contributed by atoms with Gasteiger partial charge < -0.3 is 5.32 Å². The number of hydrogen-bond donors (Lipinski definition) is 1. The summed E-state index contributed by atoms with van der Waals surface area (Å²) in [5, 5.41) is 2.99. The van der Waals surface area contributed by atoms with Crippen LogP contribution in [0.3, 0.4) is 0 Å². The largest absolute Gasteiger partial charge is 0.349 e. The Morgan fingerprint density at radius 3 is 2.50 bits per heavy atom. The Morgan fingerprint density at radius 2 is 2.00 bits per heavy atom. The van der Waals surface area contributed by atoms with Crippen LogP contribution in [-0.2, 0) is 6.42 Å². The van der Waals surface area contributed by atoms with Gasteiger partial charge >= 0.3 is 0 Å². The van der Waals surface area contributed by atoms with Crippen molar-refractivity contribution < 1.29 is 6.22 Å². The molecular weight excluding hydrogens is 198 g/mol. The summed E-state index contributed by atoms with van der Waals surface area (Å²) in [7, 11) is 0. The van der Waals surface area contributed by atoms with Crippen LogP contribution in [-0.4, -0.2) is 11.9 Å². The maximum atomic E-state index is 11.7. The number of benzene rings is 1. The third-order valence-corrected chi connectivity index (χ3v) is 2.77. The molecule has 0 spiro atoms. The Balaban J connectivity index is 0.00000144. The molecule has 1 saturated carbocycles. The van der Waals surface area contributed by atoms with Crippen molar-refractivity contribution in [2.24, 2.45) is 5.92 Å². The van der Waals surface area contributed by atoms with E-state index in [0.29, 0.717) is 12.0 Å². The van der Waals surface area contributed by atoms with Crippen molar-refractivity contribution in [3.05, 3.63) is 35.4 Å². The lowest BCUT2D eigenvalue weighted by molar-refractivity contribution is 0.0951. The van der Waals surface area contributed by atoms with Crippen molar-refractivity contribution in [1.29, 1.82) is 0 Å². The first kappa shape index (κ1) is 11.2. The van der Waals surface area contributed by atoms with E-state index in [9.17, 15) is 4.79 Å². The lowest BCUT2D eigenvalue weighted by atomic mass is 10.0. The second-order valence-corrected chi connectivity index (χ2v) is 5.04. The average molecular weight is 219 g/mol. The minimum absolute atomic E-state index is 0. The highest BCUT2D eigenvalue weighted by molar-refractivity contribution is 5.94. The first-order valence-corrected chi connectivity index (χ1v) is 6.05. The molecule has 0 aliphatic heterocycles. The highest BCUT2D eigenvalue weighted by atomic mass is 16.1. The SMILES string of the molecule is CC(C)Cc1ccc(C(=O)NC2CC2)cc1.[HH]. The van der Waals surface area contributed by atoms with Crippen LogP contribution in [0.4, 0.5) is 0 Å². The number of amides is 1. The van der Waals surface area contributed by atoms with Crippen LogP contribution in [0.5, 0.6) is 0 Å². The normalized spacial score (nSPS) is 15.2. The molecule has 0 aromatic heterocycles. The van der Waals surface area contributed by atoms with Crippen molar-refractivity contribution in [3.63, 3.8) is 0 Å². The highest BCUT2D eigenvalue weighted by Crippen LogP contribution is 2.19. The molecule has 0 unspecified atom stereocenters. The van der Waals surface area contributed by atoms with Crippen LogP contribution in [0, 0.1) is 5.92 Å². The van der Waals surface area contributed by atoms with Crippen molar-refractivity contribution in [2.45, 2.75) is 39.2 Å². The van der Waals surface area contributed by atoms with E-state index in [1.165, 1.54) is 5.56 Å². The van der Waals surface area contributed by atoms with Crippen LogP contribution in [0.25, 0.3) is 0 Å². The Kier molecular flexibility index (Phi) is 3.28. The molecule has 2 rings (SSSR count). The molecule has 1 fully saturated rings. The van der Waals surface area contributed by atoms with E-state index in [-0.39, 0.29) is 7.33 Å². The Bertz CT molecular complexity index is 368. The zero-order chi connectivity index (χ0) is 11.5. The van der Waals surface area contributed by atoms with E-state index >= 15 is 0 Å². The summed E-state index contributed by atoms with van der Waals surface area (Å²) < 4.78 is 0. The van der Waals surface area contributed by atoms with Gasteiger partial charge in [0.15, 0.2) is 0 Å².